The average molecular weight is 1020 g/mol. The number of anilines is 2. The zero-order valence-corrected chi connectivity index (χ0v) is 39.1. The normalized spacial score (nSPS) is 13.3. The minimum atomic E-state index is -5.14. The first-order valence-corrected chi connectivity index (χ1v) is 25.4. The van der Waals surface area contributed by atoms with Gasteiger partial charge in [0, 0.05) is 21.5 Å². The fourth-order valence-corrected chi connectivity index (χ4v) is 10.4. The molecule has 0 aliphatic rings. The Balaban J connectivity index is 0.00000793. The number of nitrogens with zero attached hydrogens (tertiary/aromatic N) is 4. The van der Waals surface area contributed by atoms with Gasteiger partial charge < -0.3 is 11.5 Å². The zero-order chi connectivity index (χ0) is 47.5. The van der Waals surface area contributed by atoms with Gasteiger partial charge in [-0.15, -0.1) is 10.2 Å². The van der Waals surface area contributed by atoms with Crippen LogP contribution in [0.25, 0.3) is 33.7 Å². The first-order valence-electron chi connectivity index (χ1n) is 16.7. The molecule has 6 aromatic rings. The first-order chi connectivity index (χ1) is 29.4. The van der Waals surface area contributed by atoms with Crippen LogP contribution in [0.3, 0.4) is 0 Å². The van der Waals surface area contributed by atoms with Crippen molar-refractivity contribution in [3.05, 3.63) is 96.1 Å². The number of benzene rings is 6. The second-order valence-corrected chi connectivity index (χ2v) is 21.3. The fraction of sp³-hybridized carbons (Fsp3) is 0. The second-order valence-electron chi connectivity index (χ2n) is 13.0. The number of nitrogen functional groups attached to an aromatic ring is 2. The van der Waals surface area contributed by atoms with E-state index in [0.717, 1.165) is 84.9 Å². The Hall–Kier alpha value is -5.16. The molecule has 24 nitrogen and oxygen atoms in total. The van der Waals surface area contributed by atoms with E-state index < -0.39 is 134 Å². The Bertz CT molecular complexity index is 3560. The predicted octanol–water partition coefficient (Wildman–Crippen LogP) is 2.64. The topological polar surface area (TPSA) is 428 Å². The monoisotopic (exact) mass is 1020 g/mol. The average Bonchev–Trinajstić information content (AvgIpc) is 3.17. The zero-order valence-electron chi connectivity index (χ0n) is 32.2. The van der Waals surface area contributed by atoms with Gasteiger partial charge in [0.15, 0.2) is 0 Å². The maximum absolute atomic E-state index is 12.5. The van der Waals surface area contributed by atoms with E-state index in [4.69, 9.17) is 11.5 Å². The Morgan fingerprint density at radius 1 is 0.385 bits per heavy atom. The molecule has 0 atom stereocenters. The standard InChI is InChI=1S/C34H26N6O18S6.Na/c35-33-23(15-29(63(53,54)55)21-3-1-5-25(31(21)33)59(41,42)43)39-37-19-11-9-17(27(13-19)61(47,48)49)7-8-18-10-12-20(14-28(18)62(50,51)52)38-40-24-16-30(64(56,57)58)22-4-2-6-26(60(44,45)46)32(22)34(24)36;/h1-16H,35-36H2,(H,41,42,43)(H,44,45,46)(H,47,48,49)(H,50,51,52)(H,53,54,55)(H,56,57,58);/q;+1/b8-7+,39-37?,40-38?;. The SMILES string of the molecule is Nc1c(N=Nc2ccc(/C=C/c3ccc(N=Nc4cc(S(=O)(=O)O)c5cccc(S(=O)(=O)O)c5c4N)cc3S(=O)(=O)O)c(S(=O)(=O)O)c2)cc(S(=O)(=O)O)c2cccc(S(=O)(=O)O)c12.[Na+]. The maximum atomic E-state index is 12.5. The van der Waals surface area contributed by atoms with Crippen LogP contribution in [0.2, 0.25) is 0 Å². The molecule has 65 heavy (non-hydrogen) atoms. The van der Waals surface area contributed by atoms with E-state index in [9.17, 15) is 77.8 Å². The van der Waals surface area contributed by atoms with Gasteiger partial charge in [-0.25, -0.2) is 0 Å². The summed E-state index contributed by atoms with van der Waals surface area (Å²) in [5.74, 6) is 0. The van der Waals surface area contributed by atoms with Crippen molar-refractivity contribution >= 4 is 129 Å². The van der Waals surface area contributed by atoms with E-state index in [1.165, 1.54) is 0 Å². The summed E-state index contributed by atoms with van der Waals surface area (Å²) < 4.78 is 206. The number of hydrogen-bond donors (Lipinski definition) is 8. The minimum absolute atomic E-state index is 0. The van der Waals surface area contributed by atoms with Crippen LogP contribution >= 0.6 is 0 Å². The molecular weight excluding hydrogens is 996 g/mol. The number of hydrogen-bond acceptors (Lipinski definition) is 18. The van der Waals surface area contributed by atoms with Gasteiger partial charge in [-0.05, 0) is 59.7 Å². The Kier molecular flexibility index (Phi) is 14.0. The molecular formula is C34H26N6NaO18S6+. The van der Waals surface area contributed by atoms with Gasteiger partial charge in [0.2, 0.25) is 0 Å². The van der Waals surface area contributed by atoms with Gasteiger partial charge in [-0.2, -0.15) is 60.7 Å². The molecule has 0 unspecified atom stereocenters. The summed E-state index contributed by atoms with van der Waals surface area (Å²) in [6, 6.07) is 13.3. The summed E-state index contributed by atoms with van der Waals surface area (Å²) in [4.78, 5) is -5.23. The molecule has 0 saturated heterocycles. The minimum Gasteiger partial charge on any atom is -0.396 e. The third-order valence-electron chi connectivity index (χ3n) is 8.86. The van der Waals surface area contributed by atoms with Crippen LogP contribution in [0, 0.1) is 0 Å². The van der Waals surface area contributed by atoms with Crippen LogP contribution in [-0.2, 0) is 60.7 Å². The smallest absolute Gasteiger partial charge is 0.396 e. The van der Waals surface area contributed by atoms with Crippen LogP contribution in [0.4, 0.5) is 34.1 Å². The van der Waals surface area contributed by atoms with Crippen molar-refractivity contribution in [2.75, 3.05) is 11.5 Å². The van der Waals surface area contributed by atoms with E-state index in [0.29, 0.717) is 12.1 Å². The molecule has 0 fully saturated rings. The van der Waals surface area contributed by atoms with Crippen LogP contribution in [0.5, 0.6) is 0 Å². The van der Waals surface area contributed by atoms with Gasteiger partial charge in [0.25, 0.3) is 60.7 Å². The van der Waals surface area contributed by atoms with Crippen molar-refractivity contribution in [3.63, 3.8) is 0 Å². The van der Waals surface area contributed by atoms with Crippen molar-refractivity contribution in [2.45, 2.75) is 29.4 Å². The molecule has 336 valence electrons. The summed E-state index contributed by atoms with van der Waals surface area (Å²) in [5, 5.41) is 13.1. The van der Waals surface area contributed by atoms with Gasteiger partial charge >= 0.3 is 29.6 Å². The third-order valence-corrected chi connectivity index (χ3v) is 14.3. The largest absolute Gasteiger partial charge is 1.00 e. The molecule has 6 rings (SSSR count). The first kappa shape index (κ1) is 50.8. The quantitative estimate of drug-likeness (QED) is 0.0287. The van der Waals surface area contributed by atoms with E-state index in [2.05, 4.69) is 20.5 Å². The predicted molar refractivity (Wildman–Crippen MR) is 226 cm³/mol. The molecule has 0 aliphatic carbocycles. The molecule has 31 heteroatoms. The Morgan fingerprint density at radius 2 is 0.692 bits per heavy atom. The fourth-order valence-electron chi connectivity index (χ4n) is 6.16. The van der Waals surface area contributed by atoms with E-state index in [1.54, 1.807) is 0 Å². The maximum Gasteiger partial charge on any atom is 1.00 e. The van der Waals surface area contributed by atoms with Gasteiger partial charge in [0.1, 0.15) is 40.7 Å². The summed E-state index contributed by atoms with van der Waals surface area (Å²) in [6.07, 6.45) is 1.95. The molecule has 0 heterocycles. The van der Waals surface area contributed by atoms with Crippen molar-refractivity contribution in [1.82, 2.24) is 0 Å². The van der Waals surface area contributed by atoms with Crippen LogP contribution in [0.1, 0.15) is 11.1 Å². The van der Waals surface area contributed by atoms with E-state index >= 15 is 0 Å². The molecule has 0 aliphatic heterocycles. The molecule has 10 N–H and O–H groups in total. The number of azo groups is 2. The molecule has 0 amide bonds. The van der Waals surface area contributed by atoms with Crippen LogP contribution in [0.15, 0.2) is 135 Å². The van der Waals surface area contributed by atoms with E-state index in [1.807, 2.05) is 0 Å². The van der Waals surface area contributed by atoms with Crippen LogP contribution in [-0.4, -0.2) is 77.8 Å². The molecule has 0 aromatic heterocycles. The summed E-state index contributed by atoms with van der Waals surface area (Å²) in [6.45, 7) is 0. The Morgan fingerprint density at radius 3 is 0.985 bits per heavy atom. The number of fused-ring (bicyclic) bond motifs is 2. The number of nitrogens with two attached hydrogens (primary N) is 2. The molecule has 0 saturated carbocycles. The van der Waals surface area contributed by atoms with Crippen molar-refractivity contribution in [1.29, 1.82) is 0 Å². The second kappa shape index (κ2) is 17.9. The summed E-state index contributed by atoms with van der Waals surface area (Å²) in [5.41, 5.74) is 8.55. The number of rotatable bonds is 12. The van der Waals surface area contributed by atoms with E-state index in [-0.39, 0.29) is 52.1 Å². The van der Waals surface area contributed by atoms with Crippen LogP contribution < -0.4 is 41.0 Å². The summed E-state index contributed by atoms with van der Waals surface area (Å²) >= 11 is 0. The van der Waals surface area contributed by atoms with Crippen molar-refractivity contribution in [3.8, 4) is 0 Å². The van der Waals surface area contributed by atoms with Gasteiger partial charge in [-0.3, -0.25) is 27.3 Å². The third kappa shape index (κ3) is 10.9. The van der Waals surface area contributed by atoms with Gasteiger partial charge in [0.05, 0.1) is 22.7 Å². The molecule has 0 bridgehead atoms. The van der Waals surface area contributed by atoms with Crippen molar-refractivity contribution < 1.29 is 107 Å². The Labute approximate surface area is 390 Å². The van der Waals surface area contributed by atoms with Gasteiger partial charge in [-0.1, -0.05) is 48.6 Å². The molecule has 0 spiro atoms. The molecule has 0 radical (unpaired) electrons. The molecule has 6 aromatic carbocycles. The van der Waals surface area contributed by atoms with Crippen molar-refractivity contribution in [2.24, 2.45) is 20.5 Å². The summed E-state index contributed by atoms with van der Waals surface area (Å²) in [7, 11) is -30.5.